The standard InChI is InChI=1S/C13H13Cl2N3.ClH/c14-9-1-2-12-10(7-9)13(11(15)8-17-12)18-5-3-16-4-6-18;/h1-2,7-8,16H,3-6H2;1H. The summed E-state index contributed by atoms with van der Waals surface area (Å²) in [5.41, 5.74) is 1.97. The Balaban J connectivity index is 0.00000133. The first kappa shape index (κ1) is 14.7. The van der Waals surface area contributed by atoms with Gasteiger partial charge in [-0.05, 0) is 18.2 Å². The number of hydrogen-bond donors (Lipinski definition) is 1. The smallest absolute Gasteiger partial charge is 0.0829 e. The van der Waals surface area contributed by atoms with Gasteiger partial charge in [0.25, 0.3) is 0 Å². The molecule has 1 aromatic carbocycles. The SMILES string of the molecule is Cl.Clc1ccc2ncc(Cl)c(N3CCNCC3)c2c1. The number of pyridine rings is 1. The molecule has 1 saturated heterocycles. The van der Waals surface area contributed by atoms with E-state index in [0.717, 1.165) is 42.8 Å². The zero-order valence-electron chi connectivity index (χ0n) is 10.2. The molecule has 2 aromatic rings. The minimum Gasteiger partial charge on any atom is -0.367 e. The van der Waals surface area contributed by atoms with Crippen LogP contribution in [0.3, 0.4) is 0 Å². The van der Waals surface area contributed by atoms with Crippen LogP contribution in [0, 0.1) is 0 Å². The highest BCUT2D eigenvalue weighted by molar-refractivity contribution is 6.35. The predicted molar refractivity (Wildman–Crippen MR) is 84.1 cm³/mol. The van der Waals surface area contributed by atoms with E-state index in [1.54, 1.807) is 6.20 Å². The zero-order chi connectivity index (χ0) is 12.5. The molecule has 2 heterocycles. The van der Waals surface area contributed by atoms with Crippen LogP contribution in [-0.4, -0.2) is 31.2 Å². The Morgan fingerprint density at radius 3 is 2.63 bits per heavy atom. The maximum Gasteiger partial charge on any atom is 0.0829 e. The topological polar surface area (TPSA) is 28.2 Å². The molecule has 0 spiro atoms. The second-order valence-corrected chi connectivity index (χ2v) is 5.20. The van der Waals surface area contributed by atoms with Crippen LogP contribution in [0.4, 0.5) is 5.69 Å². The Morgan fingerprint density at radius 1 is 1.16 bits per heavy atom. The lowest BCUT2D eigenvalue weighted by molar-refractivity contribution is 0.590. The quantitative estimate of drug-likeness (QED) is 0.874. The Morgan fingerprint density at radius 2 is 1.89 bits per heavy atom. The average molecular weight is 319 g/mol. The number of benzene rings is 1. The van der Waals surface area contributed by atoms with E-state index in [1.807, 2.05) is 18.2 Å². The van der Waals surface area contributed by atoms with Gasteiger partial charge < -0.3 is 10.2 Å². The molecule has 6 heteroatoms. The summed E-state index contributed by atoms with van der Waals surface area (Å²) in [6.07, 6.45) is 1.72. The van der Waals surface area contributed by atoms with Crippen LogP contribution in [0.5, 0.6) is 0 Å². The zero-order valence-corrected chi connectivity index (χ0v) is 12.5. The largest absolute Gasteiger partial charge is 0.367 e. The summed E-state index contributed by atoms with van der Waals surface area (Å²) in [4.78, 5) is 6.64. The summed E-state index contributed by atoms with van der Waals surface area (Å²) in [5, 5.41) is 5.76. The molecule has 1 N–H and O–H groups in total. The van der Waals surface area contributed by atoms with E-state index >= 15 is 0 Å². The van der Waals surface area contributed by atoms with E-state index in [0.29, 0.717) is 10.0 Å². The van der Waals surface area contributed by atoms with Gasteiger partial charge in [-0.25, -0.2) is 0 Å². The molecule has 0 unspecified atom stereocenters. The summed E-state index contributed by atoms with van der Waals surface area (Å²) >= 11 is 12.4. The van der Waals surface area contributed by atoms with Gasteiger partial charge in [-0.15, -0.1) is 12.4 Å². The number of nitrogens with one attached hydrogen (secondary N) is 1. The van der Waals surface area contributed by atoms with E-state index in [-0.39, 0.29) is 12.4 Å². The number of piperazine rings is 1. The Hall–Kier alpha value is -0.740. The van der Waals surface area contributed by atoms with Gasteiger partial charge in [-0.3, -0.25) is 4.98 Å². The normalized spacial score (nSPS) is 15.4. The van der Waals surface area contributed by atoms with Gasteiger partial charge in [-0.1, -0.05) is 23.2 Å². The Bertz CT molecular complexity index is 577. The molecular formula is C13H14Cl3N3. The van der Waals surface area contributed by atoms with Gasteiger partial charge in [0.2, 0.25) is 0 Å². The summed E-state index contributed by atoms with van der Waals surface area (Å²) in [6, 6.07) is 5.72. The first-order valence-corrected chi connectivity index (χ1v) is 6.71. The average Bonchev–Trinajstić information content (AvgIpc) is 2.39. The highest BCUT2D eigenvalue weighted by Gasteiger charge is 2.17. The Kier molecular flexibility index (Phi) is 4.74. The molecule has 0 radical (unpaired) electrons. The fourth-order valence-electron chi connectivity index (χ4n) is 2.34. The monoisotopic (exact) mass is 317 g/mol. The number of nitrogens with zero attached hydrogens (tertiary/aromatic N) is 2. The van der Waals surface area contributed by atoms with Crippen molar-refractivity contribution < 1.29 is 0 Å². The third-order valence-electron chi connectivity index (χ3n) is 3.19. The van der Waals surface area contributed by atoms with Crippen molar-refractivity contribution in [1.82, 2.24) is 10.3 Å². The van der Waals surface area contributed by atoms with Crippen molar-refractivity contribution in [1.29, 1.82) is 0 Å². The van der Waals surface area contributed by atoms with Gasteiger partial charge in [0.05, 0.1) is 16.2 Å². The van der Waals surface area contributed by atoms with E-state index in [2.05, 4.69) is 15.2 Å². The molecule has 3 rings (SSSR count). The lowest BCUT2D eigenvalue weighted by atomic mass is 10.1. The second kappa shape index (κ2) is 6.14. The third-order valence-corrected chi connectivity index (χ3v) is 3.70. The van der Waals surface area contributed by atoms with Crippen molar-refractivity contribution in [2.24, 2.45) is 0 Å². The number of aromatic nitrogens is 1. The third kappa shape index (κ3) is 2.90. The van der Waals surface area contributed by atoms with E-state index < -0.39 is 0 Å². The molecule has 0 amide bonds. The highest BCUT2D eigenvalue weighted by Crippen LogP contribution is 2.34. The van der Waals surface area contributed by atoms with Gasteiger partial charge in [0.1, 0.15) is 0 Å². The highest BCUT2D eigenvalue weighted by atomic mass is 35.5. The van der Waals surface area contributed by atoms with Crippen LogP contribution in [0.2, 0.25) is 10.0 Å². The maximum absolute atomic E-state index is 6.32. The summed E-state index contributed by atoms with van der Waals surface area (Å²) < 4.78 is 0. The molecule has 1 aromatic heterocycles. The fourth-order valence-corrected chi connectivity index (χ4v) is 2.78. The van der Waals surface area contributed by atoms with Gasteiger partial charge >= 0.3 is 0 Å². The minimum absolute atomic E-state index is 0. The van der Waals surface area contributed by atoms with Crippen LogP contribution >= 0.6 is 35.6 Å². The summed E-state index contributed by atoms with van der Waals surface area (Å²) in [7, 11) is 0. The van der Waals surface area contributed by atoms with Crippen molar-refractivity contribution in [3.63, 3.8) is 0 Å². The maximum atomic E-state index is 6.32. The molecule has 0 saturated carbocycles. The predicted octanol–water partition coefficient (Wildman–Crippen LogP) is 3.37. The van der Waals surface area contributed by atoms with Crippen LogP contribution in [-0.2, 0) is 0 Å². The second-order valence-electron chi connectivity index (χ2n) is 4.35. The van der Waals surface area contributed by atoms with Crippen LogP contribution in [0.15, 0.2) is 24.4 Å². The van der Waals surface area contributed by atoms with Crippen molar-refractivity contribution in [3.8, 4) is 0 Å². The molecular weight excluding hydrogens is 305 g/mol. The van der Waals surface area contributed by atoms with Crippen LogP contribution in [0.1, 0.15) is 0 Å². The molecule has 0 aliphatic carbocycles. The minimum atomic E-state index is 0. The van der Waals surface area contributed by atoms with E-state index in [9.17, 15) is 0 Å². The first-order valence-electron chi connectivity index (χ1n) is 5.95. The molecule has 102 valence electrons. The molecule has 1 aliphatic rings. The van der Waals surface area contributed by atoms with E-state index in [1.165, 1.54) is 0 Å². The number of fused-ring (bicyclic) bond motifs is 1. The summed E-state index contributed by atoms with van der Waals surface area (Å²) in [6.45, 7) is 3.85. The number of rotatable bonds is 1. The van der Waals surface area contributed by atoms with Crippen molar-refractivity contribution in [2.45, 2.75) is 0 Å². The molecule has 1 aliphatic heterocycles. The lowest BCUT2D eigenvalue weighted by Crippen LogP contribution is -2.43. The molecule has 3 nitrogen and oxygen atoms in total. The molecule has 0 atom stereocenters. The molecule has 1 fully saturated rings. The molecule has 0 bridgehead atoms. The Labute approximate surface area is 128 Å². The van der Waals surface area contributed by atoms with Gasteiger partial charge in [0.15, 0.2) is 0 Å². The first-order chi connectivity index (χ1) is 8.75. The fraction of sp³-hybridized carbons (Fsp3) is 0.308. The van der Waals surface area contributed by atoms with Crippen molar-refractivity contribution in [3.05, 3.63) is 34.4 Å². The molecule has 19 heavy (non-hydrogen) atoms. The van der Waals surface area contributed by atoms with Gasteiger partial charge in [-0.2, -0.15) is 0 Å². The van der Waals surface area contributed by atoms with Crippen LogP contribution < -0.4 is 10.2 Å². The van der Waals surface area contributed by atoms with Crippen LogP contribution in [0.25, 0.3) is 10.9 Å². The number of anilines is 1. The number of hydrogen-bond acceptors (Lipinski definition) is 3. The van der Waals surface area contributed by atoms with Crippen molar-refractivity contribution >= 4 is 52.2 Å². The number of halogens is 3. The van der Waals surface area contributed by atoms with Gasteiger partial charge in [0, 0.05) is 42.8 Å². The summed E-state index contributed by atoms with van der Waals surface area (Å²) in [5.74, 6) is 0. The van der Waals surface area contributed by atoms with Crippen molar-refractivity contribution in [2.75, 3.05) is 31.1 Å². The van der Waals surface area contributed by atoms with E-state index in [4.69, 9.17) is 23.2 Å². The lowest BCUT2D eigenvalue weighted by Gasteiger charge is -2.31.